The van der Waals surface area contributed by atoms with Crippen LogP contribution in [0.1, 0.15) is 44.0 Å². The van der Waals surface area contributed by atoms with Crippen LogP contribution in [0.3, 0.4) is 0 Å². The normalized spacial score (nSPS) is 14.2. The number of amides is 2. The molecule has 226 valence electrons. The first-order chi connectivity index (χ1) is 19.2. The average molecular weight is 602 g/mol. The summed E-state index contributed by atoms with van der Waals surface area (Å²) in [5.41, 5.74) is 1.98. The topological polar surface area (TPSA) is 157 Å². The highest BCUT2D eigenvalue weighted by Crippen LogP contribution is 2.30. The van der Waals surface area contributed by atoms with E-state index < -0.39 is 22.2 Å². The lowest BCUT2D eigenvalue weighted by atomic mass is 10.1. The molecular formula is C26H34F3N5O6S. The summed E-state index contributed by atoms with van der Waals surface area (Å²) in [6.07, 6.45) is -3.96. The molecule has 0 bridgehead atoms. The molecule has 15 heteroatoms. The van der Waals surface area contributed by atoms with Crippen molar-refractivity contribution in [2.75, 3.05) is 41.1 Å². The number of nitrogens with one attached hydrogen (secondary N) is 4. The van der Waals surface area contributed by atoms with Gasteiger partial charge in [-0.15, -0.1) is 0 Å². The van der Waals surface area contributed by atoms with Gasteiger partial charge in [0.2, 0.25) is 5.91 Å². The van der Waals surface area contributed by atoms with Crippen molar-refractivity contribution in [3.05, 3.63) is 48.0 Å². The van der Waals surface area contributed by atoms with E-state index in [4.69, 9.17) is 9.90 Å². The number of carboxylic acid groups (broad SMARTS) is 1. The van der Waals surface area contributed by atoms with Gasteiger partial charge >= 0.3 is 12.1 Å². The molecule has 2 amide bonds. The molecule has 0 spiro atoms. The third-order valence-electron chi connectivity index (χ3n) is 5.96. The van der Waals surface area contributed by atoms with Crippen LogP contribution in [0.25, 0.3) is 0 Å². The number of sulfonamides is 1. The number of carbonyl (C=O) groups is 3. The fourth-order valence-corrected chi connectivity index (χ4v) is 4.59. The molecule has 1 unspecified atom stereocenters. The summed E-state index contributed by atoms with van der Waals surface area (Å²) in [6.45, 7) is 8.66. The van der Waals surface area contributed by atoms with E-state index in [9.17, 15) is 31.2 Å². The second-order valence-electron chi connectivity index (χ2n) is 9.09. The summed E-state index contributed by atoms with van der Waals surface area (Å²) in [5, 5.41) is 16.0. The largest absolute Gasteiger partial charge is 0.490 e. The first-order valence-corrected chi connectivity index (χ1v) is 14.3. The van der Waals surface area contributed by atoms with Crippen LogP contribution in [-0.4, -0.2) is 69.7 Å². The van der Waals surface area contributed by atoms with Crippen LogP contribution in [0.15, 0.2) is 47.4 Å². The van der Waals surface area contributed by atoms with Gasteiger partial charge in [0, 0.05) is 49.9 Å². The van der Waals surface area contributed by atoms with Crippen molar-refractivity contribution < 1.29 is 41.1 Å². The van der Waals surface area contributed by atoms with Crippen LogP contribution in [0.5, 0.6) is 0 Å². The van der Waals surface area contributed by atoms with Crippen molar-refractivity contribution in [1.82, 2.24) is 10.6 Å². The van der Waals surface area contributed by atoms with Gasteiger partial charge in [0.05, 0.1) is 16.3 Å². The third-order valence-corrected chi connectivity index (χ3v) is 7.34. The maximum atomic E-state index is 13.2. The van der Waals surface area contributed by atoms with Crippen LogP contribution >= 0.6 is 0 Å². The van der Waals surface area contributed by atoms with Crippen molar-refractivity contribution in [2.24, 2.45) is 0 Å². The number of hydrogen-bond donors (Lipinski definition) is 5. The summed E-state index contributed by atoms with van der Waals surface area (Å²) in [7, 11) is -3.93. The fourth-order valence-electron chi connectivity index (χ4n) is 3.52. The maximum absolute atomic E-state index is 13.2. The molecule has 11 nitrogen and oxygen atoms in total. The Bertz CT molecular complexity index is 1310. The highest BCUT2D eigenvalue weighted by atomic mass is 32.2. The molecule has 1 fully saturated rings. The molecule has 3 rings (SSSR count). The van der Waals surface area contributed by atoms with Crippen LogP contribution < -0.4 is 25.6 Å². The zero-order chi connectivity index (χ0) is 30.8. The van der Waals surface area contributed by atoms with E-state index in [0.29, 0.717) is 23.4 Å². The van der Waals surface area contributed by atoms with Crippen molar-refractivity contribution in [3.8, 4) is 0 Å². The highest BCUT2D eigenvalue weighted by Gasteiger charge is 2.38. The van der Waals surface area contributed by atoms with Gasteiger partial charge < -0.3 is 26.0 Å². The van der Waals surface area contributed by atoms with Crippen LogP contribution in [0.4, 0.5) is 30.2 Å². The first-order valence-electron chi connectivity index (χ1n) is 12.8. The monoisotopic (exact) mass is 601 g/mol. The lowest BCUT2D eigenvalue weighted by Crippen LogP contribution is -2.43. The lowest BCUT2D eigenvalue weighted by Gasteiger charge is -2.31. The summed E-state index contributed by atoms with van der Waals surface area (Å²) in [4.78, 5) is 35.3. The van der Waals surface area contributed by atoms with Gasteiger partial charge in [-0.2, -0.15) is 13.2 Å². The molecule has 0 saturated carbocycles. The van der Waals surface area contributed by atoms with E-state index in [0.717, 1.165) is 38.3 Å². The number of aliphatic carboxylic acids is 1. The summed E-state index contributed by atoms with van der Waals surface area (Å²) < 4.78 is 60.8. The molecule has 41 heavy (non-hydrogen) atoms. The predicted molar refractivity (Wildman–Crippen MR) is 149 cm³/mol. The predicted octanol–water partition coefficient (Wildman–Crippen LogP) is 3.41. The summed E-state index contributed by atoms with van der Waals surface area (Å²) >= 11 is 0. The minimum Gasteiger partial charge on any atom is -0.475 e. The molecule has 2 aromatic carbocycles. The van der Waals surface area contributed by atoms with Gasteiger partial charge in [0.25, 0.3) is 15.9 Å². The van der Waals surface area contributed by atoms with Crippen molar-refractivity contribution in [2.45, 2.75) is 50.7 Å². The zero-order valence-corrected chi connectivity index (χ0v) is 23.7. The molecule has 1 saturated heterocycles. The molecule has 0 radical (unpaired) electrons. The second kappa shape index (κ2) is 14.7. The van der Waals surface area contributed by atoms with E-state index in [1.165, 1.54) is 12.1 Å². The van der Waals surface area contributed by atoms with Gasteiger partial charge in [0.15, 0.2) is 0 Å². The Labute approximate surface area is 236 Å². The number of carbonyl (C=O) groups excluding carboxylic acids is 2. The zero-order valence-electron chi connectivity index (χ0n) is 22.8. The molecule has 0 aromatic heterocycles. The van der Waals surface area contributed by atoms with Crippen LogP contribution in [0, 0.1) is 0 Å². The third kappa shape index (κ3) is 10.2. The first kappa shape index (κ1) is 33.4. The Hall–Kier alpha value is -3.85. The smallest absolute Gasteiger partial charge is 0.475 e. The van der Waals surface area contributed by atoms with Crippen molar-refractivity contribution in [1.29, 1.82) is 0 Å². The van der Waals surface area contributed by atoms with Crippen molar-refractivity contribution >= 4 is 44.9 Å². The molecule has 1 heterocycles. The Morgan fingerprint density at radius 1 is 1.05 bits per heavy atom. The molecule has 1 aliphatic rings. The number of nitrogens with zero attached hydrogens (tertiary/aromatic N) is 1. The quantitative estimate of drug-likeness (QED) is 0.293. The van der Waals surface area contributed by atoms with E-state index >= 15 is 0 Å². The molecular weight excluding hydrogens is 567 g/mol. The number of anilines is 3. The van der Waals surface area contributed by atoms with Gasteiger partial charge in [-0.1, -0.05) is 13.8 Å². The van der Waals surface area contributed by atoms with Gasteiger partial charge in [0.1, 0.15) is 0 Å². The minimum atomic E-state index is -5.08. The standard InChI is InChI=1S/C24H33N5O4S.C2HF3O2/c1-4-17(3)26-24(31)18-6-11-22(29-14-12-25-13-15-29)21(16-18)28-34(32,33)20-9-7-19(8-10-20)27-23(30)5-2;3-2(4,5)1(6)7/h6-11,16-17,25,28H,4-5,12-15H2,1-3H3,(H,26,31)(H,27,30);(H,6,7). The lowest BCUT2D eigenvalue weighted by molar-refractivity contribution is -0.192. The van der Waals surface area contributed by atoms with E-state index in [1.807, 2.05) is 13.8 Å². The number of hydrogen-bond acceptors (Lipinski definition) is 7. The number of benzene rings is 2. The second-order valence-corrected chi connectivity index (χ2v) is 10.8. The van der Waals surface area contributed by atoms with E-state index in [-0.39, 0.29) is 22.8 Å². The van der Waals surface area contributed by atoms with E-state index in [2.05, 4.69) is 25.6 Å². The number of carboxylic acids is 1. The Kier molecular flexibility index (Phi) is 11.9. The van der Waals surface area contributed by atoms with E-state index in [1.54, 1.807) is 37.3 Å². The molecule has 0 aliphatic carbocycles. The molecule has 1 aliphatic heterocycles. The Balaban J connectivity index is 0.000000745. The van der Waals surface area contributed by atoms with Crippen molar-refractivity contribution in [3.63, 3.8) is 0 Å². The minimum absolute atomic E-state index is 0.00667. The average Bonchev–Trinajstić information content (AvgIpc) is 2.93. The van der Waals surface area contributed by atoms with Gasteiger partial charge in [-0.05, 0) is 55.8 Å². The van der Waals surface area contributed by atoms with Gasteiger partial charge in [-0.25, -0.2) is 13.2 Å². The number of rotatable bonds is 9. The SMILES string of the molecule is CCC(=O)Nc1ccc(S(=O)(=O)Nc2cc(C(=O)NC(C)CC)ccc2N2CCNCC2)cc1.O=C(O)C(F)(F)F. The number of halogens is 3. The maximum Gasteiger partial charge on any atom is 0.490 e. The highest BCUT2D eigenvalue weighted by molar-refractivity contribution is 7.92. The van der Waals surface area contributed by atoms with Gasteiger partial charge in [-0.3, -0.25) is 14.3 Å². The molecule has 5 N–H and O–H groups in total. The number of alkyl halides is 3. The molecule has 1 atom stereocenters. The van der Waals surface area contributed by atoms with Crippen LogP contribution in [0.2, 0.25) is 0 Å². The summed E-state index contributed by atoms with van der Waals surface area (Å²) in [5.74, 6) is -3.16. The van der Waals surface area contributed by atoms with Crippen LogP contribution in [-0.2, 0) is 19.6 Å². The summed E-state index contributed by atoms with van der Waals surface area (Å²) in [6, 6.07) is 11.1. The fraction of sp³-hybridized carbons (Fsp3) is 0.423. The Morgan fingerprint density at radius 2 is 1.63 bits per heavy atom. The Morgan fingerprint density at radius 3 is 2.15 bits per heavy atom. The molecule has 2 aromatic rings. The number of piperazine rings is 1.